The maximum atomic E-state index is 5.19. The Kier molecular flexibility index (Phi) is 5.99. The highest BCUT2D eigenvalue weighted by molar-refractivity contribution is 6.31. The van der Waals surface area contributed by atoms with Gasteiger partial charge in [-0.05, 0) is 81.7 Å². The van der Waals surface area contributed by atoms with E-state index in [1.807, 2.05) is 0 Å². The molecule has 1 N–H and O–H groups in total. The standard InChI is InChI=1S/C53H36N4/c1-53(2)41-29-32(52-54-43-20-8-6-16-40(43)50(55-52)31-13-4-3-5-14-31)25-27-34(41)35-28-26-33(30-42(35)53)56-45-22-11-17-37-39-19-10-18-38-36-15-7-9-21-44(36)57(51(38)39)47-24-12-23-46(56)49(47)48(37)45/h3-30,50H,1-2H3,(H,54,55). The van der Waals surface area contributed by atoms with Crippen molar-refractivity contribution in [3.8, 4) is 16.8 Å². The van der Waals surface area contributed by atoms with Crippen LogP contribution in [0, 0.1) is 0 Å². The lowest BCUT2D eigenvalue weighted by Gasteiger charge is -2.28. The zero-order chi connectivity index (χ0) is 37.6. The largest absolute Gasteiger partial charge is 0.359 e. The van der Waals surface area contributed by atoms with E-state index in [-0.39, 0.29) is 11.5 Å². The number of hydrogen-bond donors (Lipinski definition) is 1. The van der Waals surface area contributed by atoms with E-state index in [4.69, 9.17) is 4.99 Å². The predicted octanol–water partition coefficient (Wildman–Crippen LogP) is 13.0. The Balaban J connectivity index is 0.989. The van der Waals surface area contributed by atoms with Crippen LogP contribution in [-0.4, -0.2) is 14.8 Å². The SMILES string of the molecule is CC1(C)c2cc(C3=Nc4ccccc4C(c4ccccc4)N3)ccc2-c2ccc(-n3c4cccc5c6cccc7c8ccccc8n(c8cccc3c8c54)c67)cc21. The highest BCUT2D eigenvalue weighted by Crippen LogP contribution is 2.51. The van der Waals surface area contributed by atoms with Crippen LogP contribution in [0.5, 0.6) is 0 Å². The van der Waals surface area contributed by atoms with Crippen LogP contribution in [0.3, 0.4) is 0 Å². The van der Waals surface area contributed by atoms with Crippen molar-refractivity contribution in [3.63, 3.8) is 0 Å². The molecule has 1 aliphatic carbocycles. The van der Waals surface area contributed by atoms with E-state index in [1.165, 1.54) is 99.0 Å². The molecule has 2 aliphatic rings. The number of aliphatic imine (C=N–C) groups is 1. The van der Waals surface area contributed by atoms with Crippen LogP contribution in [0.4, 0.5) is 5.69 Å². The molecule has 4 heterocycles. The summed E-state index contributed by atoms with van der Waals surface area (Å²) in [4.78, 5) is 5.19. The van der Waals surface area contributed by atoms with Crippen LogP contribution in [-0.2, 0) is 5.41 Å². The Morgan fingerprint density at radius 2 is 1.16 bits per heavy atom. The van der Waals surface area contributed by atoms with Gasteiger partial charge in [0.05, 0.1) is 39.3 Å². The van der Waals surface area contributed by atoms with E-state index in [1.54, 1.807) is 0 Å². The molecule has 13 rings (SSSR count). The van der Waals surface area contributed by atoms with Gasteiger partial charge >= 0.3 is 0 Å². The molecule has 4 heteroatoms. The average molecular weight is 729 g/mol. The Hall–Kier alpha value is -7.17. The summed E-state index contributed by atoms with van der Waals surface area (Å²) in [5.74, 6) is 0.908. The third kappa shape index (κ3) is 4.04. The van der Waals surface area contributed by atoms with Gasteiger partial charge in [-0.1, -0.05) is 135 Å². The molecule has 0 amide bonds. The van der Waals surface area contributed by atoms with E-state index in [2.05, 4.69) is 198 Å². The van der Waals surface area contributed by atoms with Gasteiger partial charge in [-0.3, -0.25) is 0 Å². The quantitative estimate of drug-likeness (QED) is 0.193. The number of hydrogen-bond acceptors (Lipinski definition) is 2. The summed E-state index contributed by atoms with van der Waals surface area (Å²) in [6, 6.07) is 62.6. The monoisotopic (exact) mass is 728 g/mol. The first kappa shape index (κ1) is 31.1. The number of amidine groups is 1. The highest BCUT2D eigenvalue weighted by atomic mass is 15.1. The van der Waals surface area contributed by atoms with E-state index < -0.39 is 0 Å². The second-order valence-corrected chi connectivity index (χ2v) is 16.4. The topological polar surface area (TPSA) is 33.7 Å². The second kappa shape index (κ2) is 11.0. The summed E-state index contributed by atoms with van der Waals surface area (Å²) in [6.07, 6.45) is 0. The normalized spacial score (nSPS) is 15.8. The Bertz CT molecular complexity index is 3530. The van der Waals surface area contributed by atoms with E-state index >= 15 is 0 Å². The number of nitrogens with zero attached hydrogens (tertiary/aromatic N) is 3. The molecular formula is C53H36N4. The van der Waals surface area contributed by atoms with Crippen LogP contribution < -0.4 is 5.32 Å². The minimum atomic E-state index is -0.224. The molecule has 1 atom stereocenters. The van der Waals surface area contributed by atoms with E-state index in [0.29, 0.717) is 0 Å². The summed E-state index contributed by atoms with van der Waals surface area (Å²) in [6.45, 7) is 4.76. The minimum Gasteiger partial charge on any atom is -0.359 e. The Labute approximate surface area is 329 Å². The number of para-hydroxylation sites is 3. The number of aromatic nitrogens is 2. The molecule has 3 aromatic heterocycles. The van der Waals surface area contributed by atoms with Crippen LogP contribution in [0.25, 0.3) is 76.7 Å². The van der Waals surface area contributed by atoms with Crippen molar-refractivity contribution in [2.24, 2.45) is 4.99 Å². The first-order valence-electron chi connectivity index (χ1n) is 19.9. The summed E-state index contributed by atoms with van der Waals surface area (Å²) in [5, 5.41) is 11.6. The third-order valence-corrected chi connectivity index (χ3v) is 13.1. The van der Waals surface area contributed by atoms with E-state index in [0.717, 1.165) is 17.1 Å². The van der Waals surface area contributed by atoms with Gasteiger partial charge in [-0.2, -0.15) is 0 Å². The maximum Gasteiger partial charge on any atom is 0.134 e. The number of rotatable bonds is 3. The highest BCUT2D eigenvalue weighted by Gasteiger charge is 2.37. The molecule has 4 nitrogen and oxygen atoms in total. The van der Waals surface area contributed by atoms with Gasteiger partial charge in [-0.25, -0.2) is 4.99 Å². The number of fused-ring (bicyclic) bond motifs is 9. The van der Waals surface area contributed by atoms with Crippen LogP contribution in [0.15, 0.2) is 175 Å². The molecule has 0 bridgehead atoms. The van der Waals surface area contributed by atoms with Crippen LogP contribution >= 0.6 is 0 Å². The molecule has 8 aromatic carbocycles. The Morgan fingerprint density at radius 1 is 0.526 bits per heavy atom. The molecular weight excluding hydrogens is 693 g/mol. The van der Waals surface area contributed by atoms with Gasteiger partial charge < -0.3 is 14.3 Å². The van der Waals surface area contributed by atoms with Crippen molar-refractivity contribution in [1.29, 1.82) is 0 Å². The summed E-state index contributed by atoms with van der Waals surface area (Å²) < 4.78 is 5.01. The first-order valence-corrected chi connectivity index (χ1v) is 19.9. The van der Waals surface area contributed by atoms with Crippen molar-refractivity contribution >= 4 is 71.4 Å². The molecule has 0 radical (unpaired) electrons. The third-order valence-electron chi connectivity index (χ3n) is 13.1. The molecule has 0 spiro atoms. The summed E-state index contributed by atoms with van der Waals surface area (Å²) >= 11 is 0. The molecule has 11 aromatic rings. The van der Waals surface area contributed by atoms with Crippen molar-refractivity contribution in [2.45, 2.75) is 25.3 Å². The fourth-order valence-corrected chi connectivity index (χ4v) is 10.5. The van der Waals surface area contributed by atoms with Gasteiger partial charge in [0.1, 0.15) is 5.84 Å². The van der Waals surface area contributed by atoms with Gasteiger partial charge in [-0.15, -0.1) is 0 Å². The first-order chi connectivity index (χ1) is 28.0. The number of benzene rings is 8. The van der Waals surface area contributed by atoms with Gasteiger partial charge in [0, 0.05) is 49.2 Å². The maximum absolute atomic E-state index is 5.19. The summed E-state index contributed by atoms with van der Waals surface area (Å²) in [7, 11) is 0. The zero-order valence-electron chi connectivity index (χ0n) is 31.6. The van der Waals surface area contributed by atoms with Gasteiger partial charge in [0.25, 0.3) is 0 Å². The molecule has 57 heavy (non-hydrogen) atoms. The van der Waals surface area contributed by atoms with Crippen molar-refractivity contribution in [2.75, 3.05) is 0 Å². The Morgan fingerprint density at radius 3 is 2.04 bits per heavy atom. The van der Waals surface area contributed by atoms with Gasteiger partial charge in [0.15, 0.2) is 0 Å². The predicted molar refractivity (Wildman–Crippen MR) is 237 cm³/mol. The molecule has 1 unspecified atom stereocenters. The van der Waals surface area contributed by atoms with Gasteiger partial charge in [0.2, 0.25) is 0 Å². The lowest BCUT2D eigenvalue weighted by atomic mass is 9.81. The zero-order valence-corrected chi connectivity index (χ0v) is 31.6. The van der Waals surface area contributed by atoms with Crippen molar-refractivity contribution in [1.82, 2.24) is 14.3 Å². The van der Waals surface area contributed by atoms with Crippen LogP contribution in [0.2, 0.25) is 0 Å². The van der Waals surface area contributed by atoms with Crippen molar-refractivity contribution < 1.29 is 0 Å². The molecule has 1 aliphatic heterocycles. The fraction of sp³-hybridized carbons (Fsp3) is 0.0755. The molecule has 0 fully saturated rings. The molecule has 0 saturated carbocycles. The molecule has 268 valence electrons. The minimum absolute atomic E-state index is 0.0271. The molecule has 0 saturated heterocycles. The lowest BCUT2D eigenvalue weighted by Crippen LogP contribution is -2.33. The second-order valence-electron chi connectivity index (χ2n) is 16.4. The lowest BCUT2D eigenvalue weighted by molar-refractivity contribution is 0.659. The van der Waals surface area contributed by atoms with Crippen molar-refractivity contribution in [3.05, 3.63) is 198 Å². The fourth-order valence-electron chi connectivity index (χ4n) is 10.5. The number of nitrogens with one attached hydrogen (secondary N) is 1. The van der Waals surface area contributed by atoms with Crippen LogP contribution in [0.1, 0.15) is 47.7 Å². The van der Waals surface area contributed by atoms with E-state index in [9.17, 15) is 0 Å². The average Bonchev–Trinajstić information content (AvgIpc) is 3.83. The summed E-state index contributed by atoms with van der Waals surface area (Å²) in [5.41, 5.74) is 17.0. The smallest absolute Gasteiger partial charge is 0.134 e.